The maximum atomic E-state index is 12.4. The molecule has 0 spiro atoms. The first-order valence-corrected chi connectivity index (χ1v) is 9.46. The van der Waals surface area contributed by atoms with Gasteiger partial charge in [0, 0.05) is 49.7 Å². The zero-order valence-corrected chi connectivity index (χ0v) is 15.4. The molecular weight excluding hydrogens is 322 g/mol. The van der Waals surface area contributed by atoms with Crippen molar-refractivity contribution >= 4 is 17.5 Å². The number of hydrogen-bond donors (Lipinski definition) is 1. The highest BCUT2D eigenvalue weighted by Gasteiger charge is 2.43. The highest BCUT2D eigenvalue weighted by atomic mass is 35.5. The van der Waals surface area contributed by atoms with E-state index < -0.39 is 0 Å². The van der Waals surface area contributed by atoms with Crippen LogP contribution in [0.3, 0.4) is 0 Å². The van der Waals surface area contributed by atoms with E-state index in [-0.39, 0.29) is 11.8 Å². The van der Waals surface area contributed by atoms with Crippen LogP contribution in [0.5, 0.6) is 0 Å². The molecule has 0 bridgehead atoms. The number of nitrogens with one attached hydrogen (secondary N) is 1. The number of nitrogens with zero attached hydrogens (tertiary/aromatic N) is 2. The summed E-state index contributed by atoms with van der Waals surface area (Å²) in [6.45, 7) is 10.8. The molecule has 5 heteroatoms. The van der Waals surface area contributed by atoms with Gasteiger partial charge in [-0.3, -0.25) is 9.69 Å². The summed E-state index contributed by atoms with van der Waals surface area (Å²) in [6.07, 6.45) is 0.940. The summed E-state index contributed by atoms with van der Waals surface area (Å²) in [5.41, 5.74) is 1.19. The van der Waals surface area contributed by atoms with Crippen LogP contribution in [0, 0.1) is 5.92 Å². The number of benzene rings is 1. The zero-order valence-electron chi connectivity index (χ0n) is 14.7. The van der Waals surface area contributed by atoms with Gasteiger partial charge in [-0.2, -0.15) is 0 Å². The van der Waals surface area contributed by atoms with E-state index in [0.717, 1.165) is 50.7 Å². The van der Waals surface area contributed by atoms with Gasteiger partial charge in [-0.1, -0.05) is 30.7 Å². The van der Waals surface area contributed by atoms with Crippen LogP contribution in [0.4, 0.5) is 0 Å². The molecule has 2 aliphatic rings. The Labute approximate surface area is 150 Å². The minimum Gasteiger partial charge on any atom is -0.354 e. The lowest BCUT2D eigenvalue weighted by atomic mass is 10.1. The maximum Gasteiger partial charge on any atom is 0.223 e. The van der Waals surface area contributed by atoms with Crippen LogP contribution in [-0.2, 0) is 4.79 Å². The van der Waals surface area contributed by atoms with Crippen molar-refractivity contribution in [2.45, 2.75) is 32.2 Å². The van der Waals surface area contributed by atoms with E-state index in [0.29, 0.717) is 12.0 Å². The number of likely N-dealkylation sites (N-methyl/N-ethyl adjacent to an activating group) is 1. The lowest BCUT2D eigenvalue weighted by Crippen LogP contribution is -2.52. The van der Waals surface area contributed by atoms with Gasteiger partial charge in [-0.25, -0.2) is 0 Å². The second kappa shape index (κ2) is 7.85. The number of carbonyl (C=O) groups excluding carboxylic acids is 1. The van der Waals surface area contributed by atoms with Gasteiger partial charge in [0.2, 0.25) is 5.91 Å². The van der Waals surface area contributed by atoms with Gasteiger partial charge in [-0.05, 0) is 43.5 Å². The number of halogens is 1. The lowest BCUT2D eigenvalue weighted by Gasteiger charge is -2.37. The van der Waals surface area contributed by atoms with Crippen LogP contribution in [-0.4, -0.2) is 61.0 Å². The maximum absolute atomic E-state index is 12.4. The molecule has 1 saturated heterocycles. The van der Waals surface area contributed by atoms with Gasteiger partial charge in [0.1, 0.15) is 0 Å². The average Bonchev–Trinajstić information content (AvgIpc) is 3.40. The summed E-state index contributed by atoms with van der Waals surface area (Å²) in [6, 6.07) is 8.29. The molecule has 1 heterocycles. The standard InChI is InChI=1S/C19H28ClN3O/c1-3-22-7-9-23(10-8-22)14(2)13-21-19(24)18-12-17(18)15-5-4-6-16(20)11-15/h4-6,11,14,17-18H,3,7-10,12-13H2,1-2H3,(H,21,24)/t14-,17+,18-/m1/s1. The number of piperazine rings is 1. The quantitative estimate of drug-likeness (QED) is 0.857. The Hall–Kier alpha value is -1.10. The van der Waals surface area contributed by atoms with Crippen molar-refractivity contribution in [3.63, 3.8) is 0 Å². The molecule has 24 heavy (non-hydrogen) atoms. The van der Waals surface area contributed by atoms with E-state index in [1.807, 2.05) is 18.2 Å². The van der Waals surface area contributed by atoms with Crippen molar-refractivity contribution < 1.29 is 4.79 Å². The molecule has 3 rings (SSSR count). The lowest BCUT2D eigenvalue weighted by molar-refractivity contribution is -0.122. The number of hydrogen-bond acceptors (Lipinski definition) is 3. The van der Waals surface area contributed by atoms with E-state index in [9.17, 15) is 4.79 Å². The molecule has 1 N–H and O–H groups in total. The van der Waals surface area contributed by atoms with Crippen molar-refractivity contribution in [1.82, 2.24) is 15.1 Å². The smallest absolute Gasteiger partial charge is 0.223 e. The third-order valence-corrected chi connectivity index (χ3v) is 5.69. The molecule has 0 radical (unpaired) electrons. The summed E-state index contributed by atoms with van der Waals surface area (Å²) >= 11 is 6.04. The molecule has 0 unspecified atom stereocenters. The van der Waals surface area contributed by atoms with E-state index in [4.69, 9.17) is 11.6 Å². The van der Waals surface area contributed by atoms with Crippen LogP contribution >= 0.6 is 11.6 Å². The molecule has 1 saturated carbocycles. The third-order valence-electron chi connectivity index (χ3n) is 5.45. The van der Waals surface area contributed by atoms with Crippen LogP contribution in [0.1, 0.15) is 31.7 Å². The first-order chi connectivity index (χ1) is 11.6. The first kappa shape index (κ1) is 17.7. The van der Waals surface area contributed by atoms with E-state index in [1.54, 1.807) is 0 Å². The fraction of sp³-hybridized carbons (Fsp3) is 0.632. The third kappa shape index (κ3) is 4.29. The van der Waals surface area contributed by atoms with Crippen LogP contribution in [0.25, 0.3) is 0 Å². The molecule has 4 nitrogen and oxygen atoms in total. The van der Waals surface area contributed by atoms with E-state index in [2.05, 4.69) is 35.0 Å². The molecule has 1 aromatic carbocycles. The molecular formula is C19H28ClN3O. The molecule has 1 aliphatic carbocycles. The van der Waals surface area contributed by atoms with Gasteiger partial charge >= 0.3 is 0 Å². The molecule has 132 valence electrons. The minimum atomic E-state index is 0.118. The molecule has 0 aromatic heterocycles. The largest absolute Gasteiger partial charge is 0.354 e. The topological polar surface area (TPSA) is 35.6 Å². The molecule has 1 amide bonds. The Kier molecular flexibility index (Phi) is 5.80. The number of amides is 1. The number of carbonyl (C=O) groups is 1. The van der Waals surface area contributed by atoms with Crippen LogP contribution in [0.2, 0.25) is 5.02 Å². The van der Waals surface area contributed by atoms with Gasteiger partial charge in [-0.15, -0.1) is 0 Å². The van der Waals surface area contributed by atoms with E-state index in [1.165, 1.54) is 5.56 Å². The number of rotatable bonds is 6. The summed E-state index contributed by atoms with van der Waals surface area (Å²) in [4.78, 5) is 17.3. The molecule has 1 aromatic rings. The second-order valence-electron chi connectivity index (χ2n) is 7.07. The Morgan fingerprint density at radius 3 is 2.75 bits per heavy atom. The predicted molar refractivity (Wildman–Crippen MR) is 98.5 cm³/mol. The second-order valence-corrected chi connectivity index (χ2v) is 7.50. The Morgan fingerprint density at radius 1 is 1.33 bits per heavy atom. The summed E-state index contributed by atoms with van der Waals surface area (Å²) < 4.78 is 0. The Balaban J connectivity index is 1.42. The Bertz CT molecular complexity index is 571. The molecule has 3 atom stereocenters. The zero-order chi connectivity index (χ0) is 17.1. The van der Waals surface area contributed by atoms with Gasteiger partial charge in [0.05, 0.1) is 0 Å². The van der Waals surface area contributed by atoms with Crippen molar-refractivity contribution in [3.05, 3.63) is 34.9 Å². The summed E-state index contributed by atoms with van der Waals surface area (Å²) in [5, 5.41) is 3.90. The fourth-order valence-electron chi connectivity index (χ4n) is 3.62. The monoisotopic (exact) mass is 349 g/mol. The predicted octanol–water partition coefficient (Wildman–Crippen LogP) is 2.59. The highest BCUT2D eigenvalue weighted by Crippen LogP contribution is 2.47. The van der Waals surface area contributed by atoms with Crippen LogP contribution in [0.15, 0.2) is 24.3 Å². The SMILES string of the molecule is CCN1CCN([C@H](C)CNC(=O)[C@@H]2C[C@H]2c2cccc(Cl)c2)CC1. The molecule has 2 fully saturated rings. The van der Waals surface area contributed by atoms with Crippen molar-refractivity contribution in [1.29, 1.82) is 0 Å². The van der Waals surface area contributed by atoms with Gasteiger partial charge in [0.15, 0.2) is 0 Å². The van der Waals surface area contributed by atoms with Crippen molar-refractivity contribution in [2.75, 3.05) is 39.3 Å². The van der Waals surface area contributed by atoms with Gasteiger partial charge < -0.3 is 10.2 Å². The minimum absolute atomic E-state index is 0.118. The first-order valence-electron chi connectivity index (χ1n) is 9.08. The van der Waals surface area contributed by atoms with E-state index >= 15 is 0 Å². The Morgan fingerprint density at radius 2 is 2.08 bits per heavy atom. The highest BCUT2D eigenvalue weighted by molar-refractivity contribution is 6.30. The summed E-state index contributed by atoms with van der Waals surface area (Å²) in [7, 11) is 0. The van der Waals surface area contributed by atoms with Crippen LogP contribution < -0.4 is 5.32 Å². The fourth-order valence-corrected chi connectivity index (χ4v) is 3.82. The van der Waals surface area contributed by atoms with Crippen molar-refractivity contribution in [2.24, 2.45) is 5.92 Å². The van der Waals surface area contributed by atoms with Gasteiger partial charge in [0.25, 0.3) is 0 Å². The molecule has 1 aliphatic heterocycles. The average molecular weight is 350 g/mol. The summed E-state index contributed by atoms with van der Waals surface area (Å²) in [5.74, 6) is 0.652. The van der Waals surface area contributed by atoms with Crippen molar-refractivity contribution in [3.8, 4) is 0 Å². The normalized spacial score (nSPS) is 26.1.